The van der Waals surface area contributed by atoms with Crippen LogP contribution in [0, 0.1) is 0 Å². The average Bonchev–Trinajstić information content (AvgIpc) is 3.39. The lowest BCUT2D eigenvalue weighted by atomic mass is 9.84. The number of aromatic nitrogens is 1. The predicted molar refractivity (Wildman–Crippen MR) is 103 cm³/mol. The molecule has 3 heterocycles. The molecule has 0 atom stereocenters. The fraction of sp³-hybridized carbons (Fsp3) is 0.263. The van der Waals surface area contributed by atoms with Crippen LogP contribution in [-0.2, 0) is 5.41 Å². The van der Waals surface area contributed by atoms with Gasteiger partial charge in [0.15, 0.2) is 11.5 Å². The van der Waals surface area contributed by atoms with Gasteiger partial charge in [0.05, 0.1) is 11.1 Å². The molecule has 5 nitrogen and oxygen atoms in total. The van der Waals surface area contributed by atoms with Crippen molar-refractivity contribution in [2.45, 2.75) is 19.3 Å². The zero-order valence-corrected chi connectivity index (χ0v) is 16.1. The summed E-state index contributed by atoms with van der Waals surface area (Å²) in [5.74, 6) is 1.42. The van der Waals surface area contributed by atoms with E-state index in [1.165, 1.54) is 11.3 Å². The standard InChI is InChI=1S/C19H18N2O3S2/c1-19(2,12-5-6-13-14(8-12)24-11-23-13)10-21-17(22)16-9-20-18(26-16)15-4-3-7-25-15/h3-9H,10-11H2,1-2H3,(H,21,22). The highest BCUT2D eigenvalue weighted by Gasteiger charge is 2.25. The van der Waals surface area contributed by atoms with Gasteiger partial charge in [0, 0.05) is 12.0 Å². The third-order valence-corrected chi connectivity index (χ3v) is 6.34. The number of ether oxygens (including phenoxy) is 2. The van der Waals surface area contributed by atoms with Crippen LogP contribution in [0.3, 0.4) is 0 Å². The maximum Gasteiger partial charge on any atom is 0.263 e. The molecule has 1 aliphatic rings. The summed E-state index contributed by atoms with van der Waals surface area (Å²) in [5.41, 5.74) is 0.850. The first kappa shape index (κ1) is 17.1. The van der Waals surface area contributed by atoms with E-state index in [1.54, 1.807) is 17.5 Å². The van der Waals surface area contributed by atoms with E-state index < -0.39 is 0 Å². The topological polar surface area (TPSA) is 60.5 Å². The zero-order valence-electron chi connectivity index (χ0n) is 14.4. The lowest BCUT2D eigenvalue weighted by molar-refractivity contribution is 0.0949. The number of rotatable bonds is 5. The Morgan fingerprint density at radius 3 is 2.92 bits per heavy atom. The third kappa shape index (κ3) is 3.32. The van der Waals surface area contributed by atoms with E-state index in [-0.39, 0.29) is 18.1 Å². The lowest BCUT2D eigenvalue weighted by Gasteiger charge is -2.25. The monoisotopic (exact) mass is 386 g/mol. The van der Waals surface area contributed by atoms with Crippen molar-refractivity contribution >= 4 is 28.6 Å². The van der Waals surface area contributed by atoms with E-state index in [2.05, 4.69) is 24.1 Å². The van der Waals surface area contributed by atoms with Crippen LogP contribution in [0.1, 0.15) is 29.1 Å². The lowest BCUT2D eigenvalue weighted by Crippen LogP contribution is -2.36. The highest BCUT2D eigenvalue weighted by molar-refractivity contribution is 7.21. The Labute approximate surface area is 159 Å². The second-order valence-corrected chi connectivity index (χ2v) is 8.62. The van der Waals surface area contributed by atoms with Gasteiger partial charge >= 0.3 is 0 Å². The van der Waals surface area contributed by atoms with Crippen molar-refractivity contribution in [1.82, 2.24) is 10.3 Å². The molecule has 0 fully saturated rings. The zero-order chi connectivity index (χ0) is 18.1. The number of nitrogens with zero attached hydrogens (tertiary/aromatic N) is 1. The molecule has 1 N–H and O–H groups in total. The number of thiophene rings is 1. The highest BCUT2D eigenvalue weighted by atomic mass is 32.1. The smallest absolute Gasteiger partial charge is 0.263 e. The van der Waals surface area contributed by atoms with E-state index in [0.717, 1.165) is 26.9 Å². The molecule has 1 aliphatic heterocycles. The summed E-state index contributed by atoms with van der Waals surface area (Å²) in [5, 5.41) is 5.91. The fourth-order valence-electron chi connectivity index (χ4n) is 2.70. The van der Waals surface area contributed by atoms with E-state index in [4.69, 9.17) is 9.47 Å². The summed E-state index contributed by atoms with van der Waals surface area (Å²) >= 11 is 3.03. The molecule has 2 aromatic heterocycles. The van der Waals surface area contributed by atoms with Gasteiger partial charge in [-0.15, -0.1) is 22.7 Å². The molecule has 1 amide bonds. The molecule has 3 aromatic rings. The van der Waals surface area contributed by atoms with Crippen LogP contribution < -0.4 is 14.8 Å². The minimum absolute atomic E-state index is 0.0980. The molecule has 134 valence electrons. The van der Waals surface area contributed by atoms with Crippen molar-refractivity contribution in [2.75, 3.05) is 13.3 Å². The molecule has 0 saturated carbocycles. The largest absolute Gasteiger partial charge is 0.454 e. The quantitative estimate of drug-likeness (QED) is 0.710. The van der Waals surface area contributed by atoms with Gasteiger partial charge in [-0.05, 0) is 29.1 Å². The van der Waals surface area contributed by atoms with Crippen molar-refractivity contribution in [1.29, 1.82) is 0 Å². The van der Waals surface area contributed by atoms with Gasteiger partial charge in [0.2, 0.25) is 6.79 Å². The molecule has 4 rings (SSSR count). The van der Waals surface area contributed by atoms with Crippen LogP contribution in [0.5, 0.6) is 11.5 Å². The maximum atomic E-state index is 12.5. The van der Waals surface area contributed by atoms with Gasteiger partial charge in [-0.1, -0.05) is 26.0 Å². The van der Waals surface area contributed by atoms with Crippen LogP contribution in [0.2, 0.25) is 0 Å². The summed E-state index contributed by atoms with van der Waals surface area (Å²) in [6, 6.07) is 9.90. The van der Waals surface area contributed by atoms with Crippen molar-refractivity contribution in [2.24, 2.45) is 0 Å². The summed E-state index contributed by atoms with van der Waals surface area (Å²) in [7, 11) is 0. The van der Waals surface area contributed by atoms with E-state index >= 15 is 0 Å². The summed E-state index contributed by atoms with van der Waals surface area (Å²) in [4.78, 5) is 18.6. The molecule has 0 unspecified atom stereocenters. The van der Waals surface area contributed by atoms with E-state index in [9.17, 15) is 4.79 Å². The van der Waals surface area contributed by atoms with Crippen molar-refractivity contribution in [3.8, 4) is 21.4 Å². The van der Waals surface area contributed by atoms with E-state index in [0.29, 0.717) is 11.4 Å². The highest BCUT2D eigenvalue weighted by Crippen LogP contribution is 2.36. The van der Waals surface area contributed by atoms with Crippen molar-refractivity contribution in [3.63, 3.8) is 0 Å². The van der Waals surface area contributed by atoms with E-state index in [1.807, 2.05) is 35.7 Å². The molecular formula is C19H18N2O3S2. The molecule has 1 aromatic carbocycles. The Kier molecular flexibility index (Phi) is 4.42. The minimum Gasteiger partial charge on any atom is -0.454 e. The number of amides is 1. The second-order valence-electron chi connectivity index (χ2n) is 6.64. The average molecular weight is 386 g/mol. The normalized spacial score (nSPS) is 13.0. The summed E-state index contributed by atoms with van der Waals surface area (Å²) in [6.45, 7) is 4.95. The summed E-state index contributed by atoms with van der Waals surface area (Å²) in [6.07, 6.45) is 1.64. The molecule has 0 saturated heterocycles. The Morgan fingerprint density at radius 1 is 1.27 bits per heavy atom. The number of carbonyl (C=O) groups is 1. The Hall–Kier alpha value is -2.38. The third-order valence-electron chi connectivity index (χ3n) is 4.31. The number of benzene rings is 1. The van der Waals surface area contributed by atoms with Gasteiger partial charge in [0.25, 0.3) is 5.91 Å². The molecule has 0 spiro atoms. The molecule has 0 radical (unpaired) electrons. The van der Waals surface area contributed by atoms with Gasteiger partial charge < -0.3 is 14.8 Å². The molecule has 0 aliphatic carbocycles. The number of hydrogen-bond donors (Lipinski definition) is 1. The minimum atomic E-state index is -0.238. The second kappa shape index (κ2) is 6.74. The Bertz CT molecular complexity index is 932. The Balaban J connectivity index is 1.43. The maximum absolute atomic E-state index is 12.5. The SMILES string of the molecule is CC(C)(CNC(=O)c1cnc(-c2cccs2)s1)c1ccc2c(c1)OCO2. The molecule has 0 bridgehead atoms. The van der Waals surface area contributed by atoms with Gasteiger partial charge in [-0.3, -0.25) is 4.79 Å². The number of hydrogen-bond acceptors (Lipinski definition) is 6. The molecule has 26 heavy (non-hydrogen) atoms. The number of thiazole rings is 1. The number of nitrogens with one attached hydrogen (secondary N) is 1. The molecule has 7 heteroatoms. The van der Waals surface area contributed by atoms with Crippen LogP contribution >= 0.6 is 22.7 Å². The van der Waals surface area contributed by atoms with Gasteiger partial charge in [-0.25, -0.2) is 4.98 Å². The summed E-state index contributed by atoms with van der Waals surface area (Å²) < 4.78 is 10.8. The van der Waals surface area contributed by atoms with Crippen LogP contribution in [0.15, 0.2) is 41.9 Å². The predicted octanol–water partition coefficient (Wildman–Crippen LogP) is 4.31. The first-order valence-electron chi connectivity index (χ1n) is 8.21. The van der Waals surface area contributed by atoms with Crippen molar-refractivity contribution < 1.29 is 14.3 Å². The van der Waals surface area contributed by atoms with Gasteiger partial charge in [0.1, 0.15) is 9.88 Å². The fourth-order valence-corrected chi connectivity index (χ4v) is 4.34. The number of carbonyl (C=O) groups excluding carboxylic acids is 1. The molecular weight excluding hydrogens is 368 g/mol. The van der Waals surface area contributed by atoms with Crippen LogP contribution in [-0.4, -0.2) is 24.2 Å². The number of fused-ring (bicyclic) bond motifs is 1. The van der Waals surface area contributed by atoms with Gasteiger partial charge in [-0.2, -0.15) is 0 Å². The van der Waals surface area contributed by atoms with Crippen molar-refractivity contribution in [3.05, 3.63) is 52.3 Å². The first-order valence-corrected chi connectivity index (χ1v) is 9.90. The van der Waals surface area contributed by atoms with Crippen LogP contribution in [0.4, 0.5) is 0 Å². The Morgan fingerprint density at radius 2 is 2.12 bits per heavy atom. The first-order chi connectivity index (χ1) is 12.5. The van der Waals surface area contributed by atoms with Crippen LogP contribution in [0.25, 0.3) is 9.88 Å².